The van der Waals surface area contributed by atoms with Crippen LogP contribution in [0.3, 0.4) is 0 Å². The molecule has 10 heteroatoms. The second-order valence-electron chi connectivity index (χ2n) is 6.64. The van der Waals surface area contributed by atoms with Gasteiger partial charge in [-0.1, -0.05) is 0 Å². The Balaban J connectivity index is 1.90. The van der Waals surface area contributed by atoms with Gasteiger partial charge in [-0.15, -0.1) is 0 Å². The van der Waals surface area contributed by atoms with Gasteiger partial charge in [-0.3, -0.25) is 19.7 Å². The fourth-order valence-electron chi connectivity index (χ4n) is 3.18. The van der Waals surface area contributed by atoms with Crippen LogP contribution in [0.2, 0.25) is 0 Å². The number of nitrogens with one attached hydrogen (secondary N) is 2. The number of methoxy groups -OCH3 is 2. The number of ether oxygens (including phenoxy) is 2. The van der Waals surface area contributed by atoms with E-state index in [0.717, 1.165) is 0 Å². The molecule has 9 nitrogen and oxygen atoms in total. The summed E-state index contributed by atoms with van der Waals surface area (Å²) in [6.07, 6.45) is -0.0944. The molecule has 27 heavy (non-hydrogen) atoms. The molecule has 1 aromatic carbocycles. The molecule has 2 aliphatic rings. The maximum absolute atomic E-state index is 12.9. The molecule has 0 spiro atoms. The minimum Gasteiger partial charge on any atom is -0.497 e. The van der Waals surface area contributed by atoms with Crippen molar-refractivity contribution in [2.45, 2.75) is 31.8 Å². The van der Waals surface area contributed by atoms with Crippen molar-refractivity contribution >= 4 is 40.7 Å². The molecule has 1 unspecified atom stereocenters. The standard InChI is InChI=1S/C17H20N4O5S/c1-17(2)15(24)19-16(27)20-13(22)8-11(21(17)20)14(23)18-10-6-5-9(25-3)7-12(10)26-4/h5-7,11H,8H2,1-4H3,(H,18,23)(H,19,24,27). The lowest BCUT2D eigenvalue weighted by atomic mass is 10.00. The highest BCUT2D eigenvalue weighted by molar-refractivity contribution is 7.80. The molecular weight excluding hydrogens is 372 g/mol. The zero-order chi connectivity index (χ0) is 19.9. The van der Waals surface area contributed by atoms with E-state index < -0.39 is 17.5 Å². The quantitative estimate of drug-likeness (QED) is 0.726. The molecule has 0 radical (unpaired) electrons. The molecule has 0 bridgehead atoms. The number of amides is 3. The molecule has 3 amide bonds. The minimum absolute atomic E-state index is 0.0262. The third-order valence-electron chi connectivity index (χ3n) is 4.63. The lowest BCUT2D eigenvalue weighted by Gasteiger charge is -2.45. The van der Waals surface area contributed by atoms with E-state index in [4.69, 9.17) is 21.7 Å². The highest BCUT2D eigenvalue weighted by atomic mass is 32.1. The number of benzene rings is 1. The van der Waals surface area contributed by atoms with E-state index in [1.54, 1.807) is 32.0 Å². The first-order chi connectivity index (χ1) is 12.7. The second-order valence-corrected chi connectivity index (χ2v) is 7.03. The van der Waals surface area contributed by atoms with Gasteiger partial charge in [0.1, 0.15) is 23.1 Å². The summed E-state index contributed by atoms with van der Waals surface area (Å²) < 4.78 is 10.4. The Kier molecular flexibility index (Phi) is 4.79. The molecule has 0 saturated carbocycles. The maximum atomic E-state index is 12.9. The number of hydrogen-bond acceptors (Lipinski definition) is 7. The van der Waals surface area contributed by atoms with Gasteiger partial charge in [-0.25, -0.2) is 5.01 Å². The van der Waals surface area contributed by atoms with Crippen molar-refractivity contribution < 1.29 is 23.9 Å². The van der Waals surface area contributed by atoms with Gasteiger partial charge in [0.05, 0.1) is 26.3 Å². The van der Waals surface area contributed by atoms with Crippen LogP contribution < -0.4 is 20.1 Å². The molecule has 144 valence electrons. The summed E-state index contributed by atoms with van der Waals surface area (Å²) in [5.41, 5.74) is -0.698. The first-order valence-electron chi connectivity index (χ1n) is 8.21. The summed E-state index contributed by atoms with van der Waals surface area (Å²) >= 11 is 5.10. The normalized spacial score (nSPS) is 21.6. The van der Waals surface area contributed by atoms with E-state index in [0.29, 0.717) is 17.2 Å². The number of hydrogen-bond donors (Lipinski definition) is 2. The molecule has 2 fully saturated rings. The highest BCUT2D eigenvalue weighted by Gasteiger charge is 2.56. The predicted octanol–water partition coefficient (Wildman–Crippen LogP) is 0.653. The molecule has 1 atom stereocenters. The van der Waals surface area contributed by atoms with Crippen LogP contribution >= 0.6 is 12.2 Å². The van der Waals surface area contributed by atoms with Gasteiger partial charge in [0, 0.05) is 6.07 Å². The predicted molar refractivity (Wildman–Crippen MR) is 100 cm³/mol. The van der Waals surface area contributed by atoms with Crippen molar-refractivity contribution in [3.05, 3.63) is 18.2 Å². The van der Waals surface area contributed by atoms with Gasteiger partial charge in [0.25, 0.3) is 0 Å². The highest BCUT2D eigenvalue weighted by Crippen LogP contribution is 2.34. The monoisotopic (exact) mass is 392 g/mol. The van der Waals surface area contributed by atoms with Crippen molar-refractivity contribution in [3.8, 4) is 11.5 Å². The smallest absolute Gasteiger partial charge is 0.248 e. The van der Waals surface area contributed by atoms with E-state index >= 15 is 0 Å². The number of thiocarbonyl (C=S) groups is 1. The van der Waals surface area contributed by atoms with Crippen molar-refractivity contribution in [3.63, 3.8) is 0 Å². The molecule has 2 heterocycles. The van der Waals surface area contributed by atoms with Crippen LogP contribution in [0.1, 0.15) is 20.3 Å². The van der Waals surface area contributed by atoms with Crippen molar-refractivity contribution in [1.82, 2.24) is 15.3 Å². The zero-order valence-corrected chi connectivity index (χ0v) is 16.2. The summed E-state index contributed by atoms with van der Waals surface area (Å²) in [6.45, 7) is 3.26. The average molecular weight is 392 g/mol. The molecule has 3 rings (SSSR count). The van der Waals surface area contributed by atoms with Crippen molar-refractivity contribution in [1.29, 1.82) is 0 Å². The molecule has 0 aromatic heterocycles. The summed E-state index contributed by atoms with van der Waals surface area (Å²) in [5.74, 6) is -0.186. The van der Waals surface area contributed by atoms with Crippen molar-refractivity contribution in [2.24, 2.45) is 0 Å². The fourth-order valence-corrected chi connectivity index (χ4v) is 3.46. The summed E-state index contributed by atoms with van der Waals surface area (Å²) in [4.78, 5) is 37.7. The Labute approximate surface area is 161 Å². The van der Waals surface area contributed by atoms with Gasteiger partial charge in [-0.2, -0.15) is 5.01 Å². The largest absolute Gasteiger partial charge is 0.497 e. The van der Waals surface area contributed by atoms with Gasteiger partial charge >= 0.3 is 0 Å². The lowest BCUT2D eigenvalue weighted by molar-refractivity contribution is -0.154. The topological polar surface area (TPSA) is 100 Å². The SMILES string of the molecule is COc1ccc(NC(=O)C2CC(=O)N3C(=S)NC(=O)C(C)(C)N23)c(OC)c1. The number of nitrogens with zero attached hydrogens (tertiary/aromatic N) is 2. The van der Waals surface area contributed by atoms with E-state index in [1.807, 2.05) is 0 Å². The number of anilines is 1. The Morgan fingerprint density at radius 1 is 1.30 bits per heavy atom. The zero-order valence-electron chi connectivity index (χ0n) is 15.4. The van der Waals surface area contributed by atoms with Crippen molar-refractivity contribution in [2.75, 3.05) is 19.5 Å². The maximum Gasteiger partial charge on any atom is 0.248 e. The Morgan fingerprint density at radius 3 is 2.63 bits per heavy atom. The van der Waals surface area contributed by atoms with Crippen LogP contribution in [0, 0.1) is 0 Å². The number of carbonyl (C=O) groups excluding carboxylic acids is 3. The number of carbonyl (C=O) groups is 3. The van der Waals surface area contributed by atoms with Crippen LogP contribution in [-0.2, 0) is 14.4 Å². The van der Waals surface area contributed by atoms with Crippen LogP contribution in [0.4, 0.5) is 5.69 Å². The van der Waals surface area contributed by atoms with Gasteiger partial charge < -0.3 is 14.8 Å². The van der Waals surface area contributed by atoms with Crippen LogP contribution in [0.25, 0.3) is 0 Å². The lowest BCUT2D eigenvalue weighted by Crippen LogP contribution is -2.71. The molecule has 2 aliphatic heterocycles. The third-order valence-corrected chi connectivity index (χ3v) is 4.90. The van der Waals surface area contributed by atoms with E-state index in [2.05, 4.69) is 10.6 Å². The number of hydrazine groups is 1. The third kappa shape index (κ3) is 3.10. The van der Waals surface area contributed by atoms with E-state index in [-0.39, 0.29) is 23.3 Å². The van der Waals surface area contributed by atoms with Gasteiger partial charge in [0.2, 0.25) is 17.7 Å². The molecule has 1 aromatic rings. The van der Waals surface area contributed by atoms with Crippen LogP contribution in [0.15, 0.2) is 18.2 Å². The number of rotatable bonds is 4. The molecule has 0 aliphatic carbocycles. The molecule has 2 N–H and O–H groups in total. The van der Waals surface area contributed by atoms with Crippen LogP contribution in [0.5, 0.6) is 11.5 Å². The fraction of sp³-hybridized carbons (Fsp3) is 0.412. The first kappa shape index (κ1) is 19.1. The average Bonchev–Trinajstić information content (AvgIpc) is 2.99. The van der Waals surface area contributed by atoms with E-state index in [1.165, 1.54) is 24.2 Å². The number of fused-ring (bicyclic) bond motifs is 1. The Hall–Kier alpha value is -2.72. The summed E-state index contributed by atoms with van der Waals surface area (Å²) in [6, 6.07) is 4.07. The summed E-state index contributed by atoms with van der Waals surface area (Å²) in [7, 11) is 3.00. The first-order valence-corrected chi connectivity index (χ1v) is 8.62. The van der Waals surface area contributed by atoms with Gasteiger partial charge in [-0.05, 0) is 38.2 Å². The Morgan fingerprint density at radius 2 is 2.00 bits per heavy atom. The van der Waals surface area contributed by atoms with E-state index in [9.17, 15) is 14.4 Å². The second kappa shape index (κ2) is 6.78. The van der Waals surface area contributed by atoms with Gasteiger partial charge in [0.15, 0.2) is 5.11 Å². The summed E-state index contributed by atoms with van der Waals surface area (Å²) in [5, 5.41) is 7.86. The van der Waals surface area contributed by atoms with Crippen LogP contribution in [-0.4, -0.2) is 58.7 Å². The Bertz CT molecular complexity index is 841. The minimum atomic E-state index is -1.12. The molecule has 2 saturated heterocycles. The molecular formula is C17H20N4O5S.